The van der Waals surface area contributed by atoms with E-state index in [1.807, 2.05) is 30.5 Å². The number of furan rings is 1. The fourth-order valence-corrected chi connectivity index (χ4v) is 3.52. The average molecular weight is 414 g/mol. The van der Waals surface area contributed by atoms with Crippen LogP contribution in [0.5, 0.6) is 5.75 Å². The second-order valence-electron chi connectivity index (χ2n) is 6.98. The summed E-state index contributed by atoms with van der Waals surface area (Å²) in [6, 6.07) is 9.40. The number of hydrogen-bond donors (Lipinski definition) is 2. The molecule has 0 spiro atoms. The maximum atomic E-state index is 12.6. The van der Waals surface area contributed by atoms with Gasteiger partial charge in [-0.15, -0.1) is 0 Å². The Hall–Kier alpha value is -4.20. The number of aromatic hydroxyl groups is 1. The highest BCUT2D eigenvalue weighted by molar-refractivity contribution is 6.21. The van der Waals surface area contributed by atoms with E-state index in [1.165, 1.54) is 0 Å². The average Bonchev–Trinajstić information content (AvgIpc) is 3.47. The number of nitrogens with zero attached hydrogens (tertiary/aromatic N) is 3. The number of carbonyl (C=O) groups is 1. The summed E-state index contributed by atoms with van der Waals surface area (Å²) in [5, 5.41) is 13.9. The van der Waals surface area contributed by atoms with Gasteiger partial charge in [-0.25, -0.2) is 14.8 Å². The zero-order chi connectivity index (χ0) is 21.4. The van der Waals surface area contributed by atoms with Gasteiger partial charge in [-0.05, 0) is 48.4 Å². The monoisotopic (exact) mass is 414 g/mol. The lowest BCUT2D eigenvalue weighted by Gasteiger charge is -2.07. The number of rotatable bonds is 5. The summed E-state index contributed by atoms with van der Waals surface area (Å²) in [6.45, 7) is 2.47. The van der Waals surface area contributed by atoms with Crippen LogP contribution in [0.2, 0.25) is 0 Å². The normalized spacial score (nSPS) is 14.7. The van der Waals surface area contributed by atoms with Gasteiger partial charge >= 0.3 is 5.97 Å². The Balaban J connectivity index is 1.54. The van der Waals surface area contributed by atoms with Gasteiger partial charge in [0.25, 0.3) is 0 Å². The third-order valence-electron chi connectivity index (χ3n) is 4.99. The van der Waals surface area contributed by atoms with Crippen LogP contribution < -0.4 is 5.32 Å². The molecular formula is C23H18N4O4. The third-order valence-corrected chi connectivity index (χ3v) is 4.99. The van der Waals surface area contributed by atoms with Gasteiger partial charge < -0.3 is 19.6 Å². The molecule has 0 saturated heterocycles. The highest BCUT2D eigenvalue weighted by atomic mass is 16.5. The van der Waals surface area contributed by atoms with Crippen molar-refractivity contribution in [3.63, 3.8) is 0 Å². The first-order valence-electron chi connectivity index (χ1n) is 9.78. The molecule has 2 aliphatic rings. The first-order valence-corrected chi connectivity index (χ1v) is 9.78. The maximum absolute atomic E-state index is 12.6. The minimum absolute atomic E-state index is 0.0632. The first-order chi connectivity index (χ1) is 15.1. The van der Waals surface area contributed by atoms with Gasteiger partial charge in [0.1, 0.15) is 0 Å². The Morgan fingerprint density at radius 2 is 2.23 bits per heavy atom. The van der Waals surface area contributed by atoms with Gasteiger partial charge in [-0.2, -0.15) is 0 Å². The second kappa shape index (κ2) is 7.56. The minimum atomic E-state index is -0.678. The van der Waals surface area contributed by atoms with Gasteiger partial charge in [-0.1, -0.05) is 6.07 Å². The number of esters is 1. The molecule has 0 aliphatic carbocycles. The van der Waals surface area contributed by atoms with Crippen molar-refractivity contribution in [3.05, 3.63) is 64.5 Å². The van der Waals surface area contributed by atoms with Crippen molar-refractivity contribution in [2.24, 2.45) is 9.98 Å². The van der Waals surface area contributed by atoms with Gasteiger partial charge in [0.2, 0.25) is 5.88 Å². The van der Waals surface area contributed by atoms with Gasteiger partial charge in [0.05, 0.1) is 13.2 Å². The molecule has 31 heavy (non-hydrogen) atoms. The number of carbonyl (C=O) groups excluding carboxylic acids is 1. The number of nitrogens with one attached hydrogen (secondary N) is 1. The van der Waals surface area contributed by atoms with Crippen LogP contribution in [0.3, 0.4) is 0 Å². The molecule has 0 amide bonds. The number of benzene rings is 1. The Kier molecular flexibility index (Phi) is 4.59. The molecule has 4 heterocycles. The Labute approximate surface area is 177 Å². The maximum Gasteiger partial charge on any atom is 0.347 e. The number of ether oxygens (including phenoxy) is 1. The molecule has 2 aliphatic heterocycles. The van der Waals surface area contributed by atoms with Gasteiger partial charge in [0.15, 0.2) is 22.9 Å². The van der Waals surface area contributed by atoms with E-state index in [9.17, 15) is 9.90 Å². The van der Waals surface area contributed by atoms with Crippen molar-refractivity contribution in [1.82, 2.24) is 4.98 Å². The van der Waals surface area contributed by atoms with Crippen LogP contribution in [-0.2, 0) is 11.3 Å². The summed E-state index contributed by atoms with van der Waals surface area (Å²) >= 11 is 0. The van der Waals surface area contributed by atoms with Crippen molar-refractivity contribution in [1.29, 1.82) is 0 Å². The summed E-state index contributed by atoms with van der Waals surface area (Å²) in [5.41, 5.74) is 4.28. The van der Waals surface area contributed by atoms with Crippen LogP contribution >= 0.6 is 0 Å². The fourth-order valence-electron chi connectivity index (χ4n) is 3.52. The van der Waals surface area contributed by atoms with E-state index >= 15 is 0 Å². The minimum Gasteiger partial charge on any atom is -0.504 e. The predicted octanol–water partition coefficient (Wildman–Crippen LogP) is 4.49. The first kappa shape index (κ1) is 18.8. The lowest BCUT2D eigenvalue weighted by atomic mass is 10.1. The molecule has 5 rings (SSSR count). The van der Waals surface area contributed by atoms with Crippen molar-refractivity contribution in [2.45, 2.75) is 13.5 Å². The van der Waals surface area contributed by atoms with Crippen LogP contribution in [0.15, 0.2) is 50.9 Å². The molecule has 3 aromatic rings. The van der Waals surface area contributed by atoms with Crippen LogP contribution in [0, 0.1) is 0 Å². The molecule has 1 aromatic carbocycles. The second-order valence-corrected chi connectivity index (χ2v) is 6.98. The number of allylic oxidation sites excluding steroid dienone is 1. The Morgan fingerprint density at radius 3 is 3.10 bits per heavy atom. The summed E-state index contributed by atoms with van der Waals surface area (Å²) < 4.78 is 11.0. The zero-order valence-corrected chi connectivity index (χ0v) is 16.6. The molecular weight excluding hydrogens is 396 g/mol. The number of aliphatic imine (C=N–C) groups is 2. The van der Waals surface area contributed by atoms with E-state index in [0.29, 0.717) is 23.6 Å². The van der Waals surface area contributed by atoms with Crippen molar-refractivity contribution in [2.75, 3.05) is 11.9 Å². The Bertz CT molecular complexity index is 1290. The summed E-state index contributed by atoms with van der Waals surface area (Å²) in [6.07, 6.45) is 6.74. The van der Waals surface area contributed by atoms with E-state index in [1.54, 1.807) is 31.5 Å². The molecule has 0 atom stereocenters. The topological polar surface area (TPSA) is 109 Å². The van der Waals surface area contributed by atoms with E-state index in [4.69, 9.17) is 9.15 Å². The number of aromatic nitrogens is 1. The highest BCUT2D eigenvalue weighted by Crippen LogP contribution is 2.39. The number of fused-ring (bicyclic) bond motifs is 2. The van der Waals surface area contributed by atoms with E-state index in [-0.39, 0.29) is 29.6 Å². The molecule has 154 valence electrons. The van der Waals surface area contributed by atoms with Gasteiger partial charge in [-0.3, -0.25) is 4.99 Å². The van der Waals surface area contributed by atoms with Gasteiger partial charge in [0, 0.05) is 35.4 Å². The molecule has 8 nitrogen and oxygen atoms in total. The fraction of sp³-hybridized carbons (Fsp3) is 0.130. The highest BCUT2D eigenvalue weighted by Gasteiger charge is 2.27. The number of pyridine rings is 1. The molecule has 0 unspecified atom stereocenters. The van der Waals surface area contributed by atoms with E-state index < -0.39 is 5.97 Å². The molecule has 0 bridgehead atoms. The number of hydrogen-bond acceptors (Lipinski definition) is 8. The summed E-state index contributed by atoms with van der Waals surface area (Å²) in [4.78, 5) is 25.3. The Morgan fingerprint density at radius 1 is 1.32 bits per heavy atom. The van der Waals surface area contributed by atoms with Crippen molar-refractivity contribution >= 4 is 47.4 Å². The van der Waals surface area contributed by atoms with Crippen LogP contribution in [0.4, 0.5) is 17.4 Å². The lowest BCUT2D eigenvalue weighted by molar-refractivity contribution is 0.0524. The molecule has 2 aromatic heterocycles. The van der Waals surface area contributed by atoms with Crippen LogP contribution in [-0.4, -0.2) is 35.1 Å². The van der Waals surface area contributed by atoms with E-state index in [2.05, 4.69) is 20.3 Å². The lowest BCUT2D eigenvalue weighted by Crippen LogP contribution is -2.06. The van der Waals surface area contributed by atoms with Crippen molar-refractivity contribution in [3.8, 4) is 5.75 Å². The largest absolute Gasteiger partial charge is 0.504 e. The molecule has 0 radical (unpaired) electrons. The number of anilines is 2. The zero-order valence-electron chi connectivity index (χ0n) is 16.6. The SMILES string of the molecule is CCOC(=O)c1c(Nc2ccc3c(c2)CN=C3)oc(C=C2C=Nc3ncccc32)c1O. The molecule has 8 heteroatoms. The quantitative estimate of drug-likeness (QED) is 0.596. The smallest absolute Gasteiger partial charge is 0.347 e. The van der Waals surface area contributed by atoms with Crippen LogP contribution in [0.25, 0.3) is 11.6 Å². The van der Waals surface area contributed by atoms with E-state index in [0.717, 1.165) is 16.7 Å². The molecule has 0 fully saturated rings. The standard InChI is InChI=1S/C23H18N4O4/c1-2-30-23(29)19-20(28)18(9-15-12-26-21-17(15)4-3-7-25-21)31-22(19)27-16-6-5-13-10-24-11-14(13)8-16/h3-10,12,27-28H,2,11H2,1H3. The summed E-state index contributed by atoms with van der Waals surface area (Å²) in [5.74, 6) is -0.174. The van der Waals surface area contributed by atoms with Crippen LogP contribution in [0.1, 0.15) is 39.7 Å². The summed E-state index contributed by atoms with van der Waals surface area (Å²) in [7, 11) is 0. The van der Waals surface area contributed by atoms with Crippen molar-refractivity contribution < 1.29 is 19.1 Å². The third kappa shape index (κ3) is 3.38. The predicted molar refractivity (Wildman–Crippen MR) is 118 cm³/mol. The molecule has 2 N–H and O–H groups in total. The molecule has 0 saturated carbocycles.